The van der Waals surface area contributed by atoms with Crippen molar-refractivity contribution in [1.29, 1.82) is 0 Å². The molecule has 0 aliphatic carbocycles. The molecule has 0 atom stereocenters. The second kappa shape index (κ2) is 11.6. The Balaban J connectivity index is 1.49. The summed E-state index contributed by atoms with van der Waals surface area (Å²) < 4.78 is 40.9. The highest BCUT2D eigenvalue weighted by Gasteiger charge is 2.31. The zero-order valence-corrected chi connectivity index (χ0v) is 23.8. The van der Waals surface area contributed by atoms with Crippen LogP contribution in [0.5, 0.6) is 0 Å². The Hall–Kier alpha value is -5.26. The molecule has 3 aromatic carbocycles. The van der Waals surface area contributed by atoms with Gasteiger partial charge in [-0.15, -0.1) is 0 Å². The maximum atomic E-state index is 13.4. The van der Waals surface area contributed by atoms with Crippen molar-refractivity contribution in [2.24, 2.45) is 0 Å². The van der Waals surface area contributed by atoms with E-state index in [2.05, 4.69) is 25.6 Å². The van der Waals surface area contributed by atoms with Crippen LogP contribution in [0, 0.1) is 6.92 Å². The average molecular weight is 588 g/mol. The fourth-order valence-electron chi connectivity index (χ4n) is 4.65. The van der Waals surface area contributed by atoms with Gasteiger partial charge in [-0.2, -0.15) is 23.1 Å². The van der Waals surface area contributed by atoms with Crippen molar-refractivity contribution in [3.8, 4) is 5.69 Å². The molecule has 9 nitrogen and oxygen atoms in total. The summed E-state index contributed by atoms with van der Waals surface area (Å²) >= 11 is 0. The van der Waals surface area contributed by atoms with Crippen molar-refractivity contribution in [2.45, 2.75) is 26.4 Å². The largest absolute Gasteiger partial charge is 0.416 e. The molecule has 0 spiro atoms. The van der Waals surface area contributed by atoms with Crippen LogP contribution in [-0.2, 0) is 12.6 Å². The summed E-state index contributed by atoms with van der Waals surface area (Å²) in [5, 5.41) is 6.36. The molecule has 220 valence electrons. The standard InChI is InChI=1S/C31H28F3N7O2/c1-5-25-24-17-35-29(37-21-10-7-11-23(15-21)40(3)4)38-27(24)39-30(43)41(25)26-16-22(13-12-18(26)2)36-28(42)19-8-6-9-20(14-19)31(32,33)34/h6-17H,5H2,1-4H3,(H,36,42)(H,37,38,39,43). The maximum absolute atomic E-state index is 13.4. The van der Waals surface area contributed by atoms with Crippen LogP contribution in [0.2, 0.25) is 0 Å². The van der Waals surface area contributed by atoms with E-state index < -0.39 is 23.3 Å². The summed E-state index contributed by atoms with van der Waals surface area (Å²) in [5.41, 5.74) is 2.43. The minimum absolute atomic E-state index is 0.147. The summed E-state index contributed by atoms with van der Waals surface area (Å²) in [6, 6.07) is 16.8. The monoisotopic (exact) mass is 587 g/mol. The number of carbonyl (C=O) groups excluding carboxylic acids is 1. The predicted molar refractivity (Wildman–Crippen MR) is 160 cm³/mol. The van der Waals surface area contributed by atoms with Crippen LogP contribution in [0.3, 0.4) is 0 Å². The molecule has 0 aliphatic heterocycles. The van der Waals surface area contributed by atoms with Crippen LogP contribution >= 0.6 is 0 Å². The van der Waals surface area contributed by atoms with E-state index >= 15 is 0 Å². The quantitative estimate of drug-likeness (QED) is 0.236. The van der Waals surface area contributed by atoms with Gasteiger partial charge in [-0.3, -0.25) is 9.36 Å². The van der Waals surface area contributed by atoms with Crippen LogP contribution in [-0.4, -0.2) is 39.5 Å². The van der Waals surface area contributed by atoms with Crippen LogP contribution in [0.15, 0.2) is 77.7 Å². The third-order valence-corrected chi connectivity index (χ3v) is 6.86. The Morgan fingerprint density at radius 1 is 0.977 bits per heavy atom. The third-order valence-electron chi connectivity index (χ3n) is 6.86. The molecule has 0 aliphatic rings. The van der Waals surface area contributed by atoms with Gasteiger partial charge in [0.2, 0.25) is 5.95 Å². The Labute approximate surface area is 245 Å². The van der Waals surface area contributed by atoms with E-state index in [1.807, 2.05) is 50.2 Å². The molecule has 0 saturated heterocycles. The van der Waals surface area contributed by atoms with Gasteiger partial charge in [0, 0.05) is 48.6 Å². The predicted octanol–water partition coefficient (Wildman–Crippen LogP) is 6.13. The van der Waals surface area contributed by atoms with Crippen molar-refractivity contribution < 1.29 is 18.0 Å². The van der Waals surface area contributed by atoms with Crippen LogP contribution in [0.4, 0.5) is 36.2 Å². The molecular formula is C31H28F3N7O2. The Kier molecular flexibility index (Phi) is 7.85. The van der Waals surface area contributed by atoms with Crippen molar-refractivity contribution in [1.82, 2.24) is 19.5 Å². The van der Waals surface area contributed by atoms with Crippen molar-refractivity contribution in [3.05, 3.63) is 106 Å². The second-order valence-electron chi connectivity index (χ2n) is 10.1. The lowest BCUT2D eigenvalue weighted by Crippen LogP contribution is -2.26. The van der Waals surface area contributed by atoms with E-state index in [0.717, 1.165) is 29.1 Å². The first-order valence-electron chi connectivity index (χ1n) is 13.4. The van der Waals surface area contributed by atoms with Gasteiger partial charge in [0.25, 0.3) is 5.91 Å². The normalized spacial score (nSPS) is 11.4. The molecule has 5 rings (SSSR count). The highest BCUT2D eigenvalue weighted by Crippen LogP contribution is 2.30. The number of aromatic nitrogens is 4. The number of aryl methyl sites for hydroxylation is 2. The van der Waals surface area contributed by atoms with Crippen molar-refractivity contribution >= 4 is 40.0 Å². The summed E-state index contributed by atoms with van der Waals surface area (Å²) in [4.78, 5) is 41.4. The SMILES string of the molecule is CCc1c2cnc(Nc3cccc(N(C)C)c3)nc2nc(=O)n1-c1cc(NC(=O)c2cccc(C(F)(F)F)c2)ccc1C. The molecule has 43 heavy (non-hydrogen) atoms. The number of benzene rings is 3. The number of fused-ring (bicyclic) bond motifs is 1. The number of alkyl halides is 3. The van der Waals surface area contributed by atoms with Gasteiger partial charge in [0.1, 0.15) is 0 Å². The number of anilines is 4. The van der Waals surface area contributed by atoms with Crippen LogP contribution in [0.25, 0.3) is 16.7 Å². The van der Waals surface area contributed by atoms with Gasteiger partial charge in [0.05, 0.1) is 16.6 Å². The molecule has 0 saturated carbocycles. The fourth-order valence-corrected chi connectivity index (χ4v) is 4.65. The number of hydrogen-bond acceptors (Lipinski definition) is 7. The Morgan fingerprint density at radius 2 is 1.74 bits per heavy atom. The number of hydrogen-bond donors (Lipinski definition) is 2. The van der Waals surface area contributed by atoms with Gasteiger partial charge in [0.15, 0.2) is 5.65 Å². The second-order valence-corrected chi connectivity index (χ2v) is 10.1. The summed E-state index contributed by atoms with van der Waals surface area (Å²) in [6.07, 6.45) is -2.53. The van der Waals surface area contributed by atoms with E-state index in [0.29, 0.717) is 28.9 Å². The first-order chi connectivity index (χ1) is 20.4. The molecular weight excluding hydrogens is 559 g/mol. The Bertz CT molecular complexity index is 1900. The minimum Gasteiger partial charge on any atom is -0.378 e. The first-order valence-corrected chi connectivity index (χ1v) is 13.4. The highest BCUT2D eigenvalue weighted by atomic mass is 19.4. The smallest absolute Gasteiger partial charge is 0.378 e. The van der Waals surface area contributed by atoms with Crippen LogP contribution in [0.1, 0.15) is 34.1 Å². The highest BCUT2D eigenvalue weighted by molar-refractivity contribution is 6.04. The first kappa shape index (κ1) is 29.2. The van der Waals surface area contributed by atoms with Gasteiger partial charge in [-0.25, -0.2) is 9.78 Å². The number of nitrogens with one attached hydrogen (secondary N) is 2. The minimum atomic E-state index is -4.58. The van der Waals surface area contributed by atoms with E-state index in [4.69, 9.17) is 0 Å². The molecule has 2 N–H and O–H groups in total. The zero-order valence-electron chi connectivity index (χ0n) is 23.8. The van der Waals surface area contributed by atoms with Gasteiger partial charge in [-0.1, -0.05) is 25.1 Å². The molecule has 0 bridgehead atoms. The van der Waals surface area contributed by atoms with Gasteiger partial charge in [-0.05, 0) is 67.4 Å². The van der Waals surface area contributed by atoms with E-state index in [-0.39, 0.29) is 17.2 Å². The molecule has 5 aromatic rings. The maximum Gasteiger partial charge on any atom is 0.416 e. The van der Waals surface area contributed by atoms with E-state index in [9.17, 15) is 22.8 Å². The summed E-state index contributed by atoms with van der Waals surface area (Å²) in [6.45, 7) is 3.69. The van der Waals surface area contributed by atoms with Gasteiger partial charge >= 0.3 is 11.9 Å². The topological polar surface area (TPSA) is 105 Å². The number of nitrogens with zero attached hydrogens (tertiary/aromatic N) is 5. The summed E-state index contributed by atoms with van der Waals surface area (Å²) in [5.74, 6) is -0.434. The third kappa shape index (κ3) is 6.17. The summed E-state index contributed by atoms with van der Waals surface area (Å²) in [7, 11) is 3.88. The molecule has 0 radical (unpaired) electrons. The molecule has 1 amide bonds. The molecule has 0 unspecified atom stereocenters. The zero-order chi connectivity index (χ0) is 30.9. The number of amides is 1. The Morgan fingerprint density at radius 3 is 2.47 bits per heavy atom. The lowest BCUT2D eigenvalue weighted by Gasteiger charge is -2.17. The fraction of sp³-hybridized carbons (Fsp3) is 0.194. The average Bonchev–Trinajstić information content (AvgIpc) is 2.97. The lowest BCUT2D eigenvalue weighted by atomic mass is 10.1. The van der Waals surface area contributed by atoms with Crippen molar-refractivity contribution in [2.75, 3.05) is 29.6 Å². The van der Waals surface area contributed by atoms with E-state index in [1.54, 1.807) is 31.3 Å². The molecule has 2 heterocycles. The number of carbonyl (C=O) groups is 1. The lowest BCUT2D eigenvalue weighted by molar-refractivity contribution is -0.137. The van der Waals surface area contributed by atoms with Crippen LogP contribution < -0.4 is 21.2 Å². The van der Waals surface area contributed by atoms with Crippen molar-refractivity contribution in [3.63, 3.8) is 0 Å². The molecule has 12 heteroatoms. The molecule has 2 aromatic heterocycles. The molecule has 0 fully saturated rings. The van der Waals surface area contributed by atoms with Gasteiger partial charge < -0.3 is 15.5 Å². The number of halogens is 3. The van der Waals surface area contributed by atoms with E-state index in [1.165, 1.54) is 16.7 Å². The number of rotatable bonds is 7.